The summed E-state index contributed by atoms with van der Waals surface area (Å²) in [5.41, 5.74) is 0.253. The molecule has 1 aromatic carbocycles. The minimum atomic E-state index is -0.995. The van der Waals surface area contributed by atoms with E-state index in [0.717, 1.165) is 6.07 Å². The first-order valence-corrected chi connectivity index (χ1v) is 5.15. The van der Waals surface area contributed by atoms with Crippen molar-refractivity contribution < 1.29 is 13.6 Å². The van der Waals surface area contributed by atoms with Crippen molar-refractivity contribution >= 4 is 16.8 Å². The molecule has 1 heterocycles. The van der Waals surface area contributed by atoms with Crippen molar-refractivity contribution in [1.29, 1.82) is 0 Å². The van der Waals surface area contributed by atoms with Crippen molar-refractivity contribution in [3.63, 3.8) is 0 Å². The molecule has 2 aromatic rings. The third-order valence-corrected chi connectivity index (χ3v) is 2.34. The predicted molar refractivity (Wildman–Crippen MR) is 59.7 cm³/mol. The highest BCUT2D eigenvalue weighted by molar-refractivity contribution is 5.97. The lowest BCUT2D eigenvalue weighted by molar-refractivity contribution is 0.0955. The summed E-state index contributed by atoms with van der Waals surface area (Å²) in [6.07, 6.45) is 1.23. The highest BCUT2D eigenvalue weighted by Crippen LogP contribution is 2.19. The normalized spacial score (nSPS) is 10.5. The van der Waals surface area contributed by atoms with Gasteiger partial charge in [0.05, 0.1) is 5.56 Å². The number of aromatic nitrogens is 1. The van der Waals surface area contributed by atoms with Gasteiger partial charge >= 0.3 is 0 Å². The van der Waals surface area contributed by atoms with Gasteiger partial charge in [-0.15, -0.1) is 0 Å². The molecule has 5 heteroatoms. The van der Waals surface area contributed by atoms with E-state index >= 15 is 0 Å². The molecule has 0 aliphatic rings. The van der Waals surface area contributed by atoms with Gasteiger partial charge in [0.1, 0.15) is 5.52 Å². The molecule has 1 amide bonds. The molecule has 0 unspecified atom stereocenters. The second-order valence-electron chi connectivity index (χ2n) is 3.52. The molecule has 0 aliphatic heterocycles. The summed E-state index contributed by atoms with van der Waals surface area (Å²) in [6.45, 7) is 2.29. The molecule has 2 rings (SSSR count). The second-order valence-corrected chi connectivity index (χ2v) is 3.52. The summed E-state index contributed by atoms with van der Waals surface area (Å²) in [4.78, 5) is 15.3. The van der Waals surface area contributed by atoms with E-state index < -0.39 is 11.6 Å². The minimum absolute atomic E-state index is 0.0713. The summed E-state index contributed by atoms with van der Waals surface area (Å²) in [5, 5.41) is 3.00. The maximum absolute atomic E-state index is 13.3. The standard InChI is InChI=1S/C12H10F2N2O/c1-2-15-12(17)8-5-7-3-4-9(13)10(14)11(7)16-6-8/h3-6H,2H2,1H3,(H,15,17). The maximum Gasteiger partial charge on any atom is 0.252 e. The number of nitrogens with zero attached hydrogens (tertiary/aromatic N) is 1. The summed E-state index contributed by atoms with van der Waals surface area (Å²) in [6, 6.07) is 3.89. The summed E-state index contributed by atoms with van der Waals surface area (Å²) < 4.78 is 26.3. The molecule has 0 bridgehead atoms. The first-order chi connectivity index (χ1) is 8.13. The highest BCUT2D eigenvalue weighted by Gasteiger charge is 2.11. The average Bonchev–Trinajstić information content (AvgIpc) is 2.34. The van der Waals surface area contributed by atoms with Crippen molar-refractivity contribution in [3.8, 4) is 0 Å². The number of carbonyl (C=O) groups is 1. The maximum atomic E-state index is 13.3. The molecular weight excluding hydrogens is 226 g/mol. The minimum Gasteiger partial charge on any atom is -0.352 e. The molecule has 0 spiro atoms. The molecule has 0 atom stereocenters. The van der Waals surface area contributed by atoms with Crippen LogP contribution in [0.1, 0.15) is 17.3 Å². The van der Waals surface area contributed by atoms with Crippen LogP contribution in [0.3, 0.4) is 0 Å². The van der Waals surface area contributed by atoms with Crippen molar-refractivity contribution in [3.05, 3.63) is 41.6 Å². The topological polar surface area (TPSA) is 42.0 Å². The van der Waals surface area contributed by atoms with E-state index in [1.807, 2.05) is 0 Å². The van der Waals surface area contributed by atoms with Gasteiger partial charge in [0, 0.05) is 18.1 Å². The fraction of sp³-hybridized carbons (Fsp3) is 0.167. The van der Waals surface area contributed by atoms with E-state index in [9.17, 15) is 13.6 Å². The van der Waals surface area contributed by atoms with E-state index in [-0.39, 0.29) is 11.4 Å². The smallest absolute Gasteiger partial charge is 0.252 e. The summed E-state index contributed by atoms with van der Waals surface area (Å²) in [5.74, 6) is -2.23. The van der Waals surface area contributed by atoms with Gasteiger partial charge in [-0.1, -0.05) is 0 Å². The molecule has 0 radical (unpaired) electrons. The Bertz CT molecular complexity index is 584. The number of halogens is 2. The van der Waals surface area contributed by atoms with Crippen LogP contribution in [0.15, 0.2) is 24.4 Å². The van der Waals surface area contributed by atoms with Gasteiger partial charge in [0.25, 0.3) is 5.91 Å². The Kier molecular flexibility index (Phi) is 2.99. The van der Waals surface area contributed by atoms with E-state index in [2.05, 4.69) is 10.3 Å². The van der Waals surface area contributed by atoms with Gasteiger partial charge in [0.15, 0.2) is 11.6 Å². The van der Waals surface area contributed by atoms with Crippen molar-refractivity contribution in [2.24, 2.45) is 0 Å². The molecule has 0 saturated heterocycles. The molecule has 0 saturated carbocycles. The van der Waals surface area contributed by atoms with Crippen LogP contribution in [0.4, 0.5) is 8.78 Å². The highest BCUT2D eigenvalue weighted by atomic mass is 19.2. The number of pyridine rings is 1. The molecule has 0 fully saturated rings. The number of rotatable bonds is 2. The largest absolute Gasteiger partial charge is 0.352 e. The molecule has 88 valence electrons. The number of hydrogen-bond acceptors (Lipinski definition) is 2. The predicted octanol–water partition coefficient (Wildman–Crippen LogP) is 2.26. The quantitative estimate of drug-likeness (QED) is 0.869. The molecule has 1 aromatic heterocycles. The Morgan fingerprint density at radius 3 is 2.88 bits per heavy atom. The SMILES string of the molecule is CCNC(=O)c1cnc2c(F)c(F)ccc2c1. The van der Waals surface area contributed by atoms with Gasteiger partial charge < -0.3 is 5.32 Å². The van der Waals surface area contributed by atoms with Crippen LogP contribution in [0.5, 0.6) is 0 Å². The van der Waals surface area contributed by atoms with Crippen LogP contribution < -0.4 is 5.32 Å². The number of nitrogens with one attached hydrogen (secondary N) is 1. The fourth-order valence-corrected chi connectivity index (χ4v) is 1.53. The Morgan fingerprint density at radius 2 is 2.18 bits per heavy atom. The van der Waals surface area contributed by atoms with Crippen LogP contribution in [-0.4, -0.2) is 17.4 Å². The van der Waals surface area contributed by atoms with Crippen molar-refractivity contribution in [2.75, 3.05) is 6.54 Å². The molecular formula is C12H10F2N2O. The van der Waals surface area contributed by atoms with Crippen LogP contribution in [-0.2, 0) is 0 Å². The first kappa shape index (κ1) is 11.4. The van der Waals surface area contributed by atoms with E-state index in [4.69, 9.17) is 0 Å². The van der Waals surface area contributed by atoms with Gasteiger partial charge in [-0.3, -0.25) is 9.78 Å². The first-order valence-electron chi connectivity index (χ1n) is 5.15. The molecule has 17 heavy (non-hydrogen) atoms. The van der Waals surface area contributed by atoms with Gasteiger partial charge in [-0.05, 0) is 25.1 Å². The zero-order chi connectivity index (χ0) is 12.4. The van der Waals surface area contributed by atoms with E-state index in [0.29, 0.717) is 17.5 Å². The molecule has 3 nitrogen and oxygen atoms in total. The van der Waals surface area contributed by atoms with Gasteiger partial charge in [-0.25, -0.2) is 8.78 Å². The number of hydrogen-bond donors (Lipinski definition) is 1. The van der Waals surface area contributed by atoms with Crippen molar-refractivity contribution in [1.82, 2.24) is 10.3 Å². The Hall–Kier alpha value is -2.04. The average molecular weight is 236 g/mol. The Labute approximate surface area is 96.5 Å². The number of amides is 1. The van der Waals surface area contributed by atoms with E-state index in [1.54, 1.807) is 6.92 Å². The summed E-state index contributed by atoms with van der Waals surface area (Å²) in [7, 11) is 0. The lowest BCUT2D eigenvalue weighted by Crippen LogP contribution is -2.22. The van der Waals surface area contributed by atoms with Gasteiger partial charge in [-0.2, -0.15) is 0 Å². The van der Waals surface area contributed by atoms with Crippen LogP contribution in [0.2, 0.25) is 0 Å². The monoisotopic (exact) mass is 236 g/mol. The molecule has 1 N–H and O–H groups in total. The Balaban J connectivity index is 2.52. The molecule has 0 aliphatic carbocycles. The third kappa shape index (κ3) is 2.08. The van der Waals surface area contributed by atoms with Crippen LogP contribution in [0, 0.1) is 11.6 Å². The van der Waals surface area contributed by atoms with Crippen LogP contribution >= 0.6 is 0 Å². The zero-order valence-electron chi connectivity index (χ0n) is 9.13. The third-order valence-electron chi connectivity index (χ3n) is 2.34. The van der Waals surface area contributed by atoms with E-state index in [1.165, 1.54) is 18.3 Å². The van der Waals surface area contributed by atoms with Crippen molar-refractivity contribution in [2.45, 2.75) is 6.92 Å². The fourth-order valence-electron chi connectivity index (χ4n) is 1.53. The summed E-state index contributed by atoms with van der Waals surface area (Å²) >= 11 is 0. The number of carbonyl (C=O) groups excluding carboxylic acids is 1. The number of benzene rings is 1. The second kappa shape index (κ2) is 4.45. The zero-order valence-corrected chi connectivity index (χ0v) is 9.13. The lowest BCUT2D eigenvalue weighted by atomic mass is 10.1. The lowest BCUT2D eigenvalue weighted by Gasteiger charge is -2.04. The van der Waals surface area contributed by atoms with Gasteiger partial charge in [0.2, 0.25) is 0 Å². The Morgan fingerprint density at radius 1 is 1.41 bits per heavy atom. The van der Waals surface area contributed by atoms with Crippen LogP contribution in [0.25, 0.3) is 10.9 Å². The number of fused-ring (bicyclic) bond motifs is 1.